The van der Waals surface area contributed by atoms with Gasteiger partial charge in [-0.1, -0.05) is 12.1 Å². The summed E-state index contributed by atoms with van der Waals surface area (Å²) in [5, 5.41) is 3.27. The van der Waals surface area contributed by atoms with Crippen molar-refractivity contribution < 1.29 is 9.53 Å². The lowest BCUT2D eigenvalue weighted by Crippen LogP contribution is -2.49. The summed E-state index contributed by atoms with van der Waals surface area (Å²) in [4.78, 5) is 27.6. The summed E-state index contributed by atoms with van der Waals surface area (Å²) in [5.41, 5.74) is 1.49. The van der Waals surface area contributed by atoms with Crippen LogP contribution in [0.15, 0.2) is 36.7 Å². The fourth-order valence-electron chi connectivity index (χ4n) is 3.39. The molecule has 1 N–H and O–H groups in total. The molecule has 8 heteroatoms. The fraction of sp³-hybridized carbons (Fsp3) is 0.476. The zero-order chi connectivity index (χ0) is 20.6. The Labute approximate surface area is 172 Å². The Balaban J connectivity index is 1.56. The Hall–Kier alpha value is -2.87. The van der Waals surface area contributed by atoms with E-state index >= 15 is 0 Å². The second-order valence-corrected chi connectivity index (χ2v) is 7.32. The van der Waals surface area contributed by atoms with Crippen LogP contribution in [0.2, 0.25) is 0 Å². The third-order valence-corrected chi connectivity index (χ3v) is 4.97. The second-order valence-electron chi connectivity index (χ2n) is 7.32. The number of rotatable bonds is 8. The molecule has 1 aromatic heterocycles. The lowest BCUT2D eigenvalue weighted by atomic mass is 10.2. The second kappa shape index (κ2) is 10.1. The van der Waals surface area contributed by atoms with Gasteiger partial charge in [0.2, 0.25) is 0 Å². The van der Waals surface area contributed by atoms with Crippen molar-refractivity contribution in [1.82, 2.24) is 19.8 Å². The quantitative estimate of drug-likeness (QED) is 0.680. The first-order valence-corrected chi connectivity index (χ1v) is 9.96. The van der Waals surface area contributed by atoms with Gasteiger partial charge in [0.1, 0.15) is 23.6 Å². The van der Waals surface area contributed by atoms with Gasteiger partial charge in [-0.2, -0.15) is 0 Å². The third-order valence-electron chi connectivity index (χ3n) is 4.97. The number of para-hydroxylation sites is 2. The SMILES string of the molecule is COc1ccccc1N1CCN(C(=O)c2cc(NCCCN(C)C)ncn2)CC1. The molecule has 1 amide bonds. The zero-order valence-corrected chi connectivity index (χ0v) is 17.5. The largest absolute Gasteiger partial charge is 0.495 e. The molecule has 1 aromatic carbocycles. The molecular weight excluding hydrogens is 368 g/mol. The number of anilines is 2. The van der Waals surface area contributed by atoms with Gasteiger partial charge in [0, 0.05) is 38.8 Å². The van der Waals surface area contributed by atoms with E-state index in [1.165, 1.54) is 6.33 Å². The van der Waals surface area contributed by atoms with Gasteiger partial charge in [-0.3, -0.25) is 4.79 Å². The molecule has 2 heterocycles. The Morgan fingerprint density at radius 1 is 1.17 bits per heavy atom. The molecular formula is C21H30N6O2. The number of carbonyl (C=O) groups is 1. The highest BCUT2D eigenvalue weighted by Crippen LogP contribution is 2.28. The van der Waals surface area contributed by atoms with Crippen molar-refractivity contribution in [2.24, 2.45) is 0 Å². The lowest BCUT2D eigenvalue weighted by Gasteiger charge is -2.36. The molecule has 0 spiro atoms. The normalized spacial score (nSPS) is 14.2. The first kappa shape index (κ1) is 20.9. The molecule has 0 saturated carbocycles. The van der Waals surface area contributed by atoms with Crippen molar-refractivity contribution in [2.75, 3.05) is 70.7 Å². The van der Waals surface area contributed by atoms with Crippen molar-refractivity contribution in [3.8, 4) is 5.75 Å². The van der Waals surface area contributed by atoms with Crippen LogP contribution in [-0.4, -0.2) is 86.1 Å². The van der Waals surface area contributed by atoms with Crippen molar-refractivity contribution in [3.63, 3.8) is 0 Å². The lowest BCUT2D eigenvalue weighted by molar-refractivity contribution is 0.0740. The summed E-state index contributed by atoms with van der Waals surface area (Å²) in [6, 6.07) is 9.72. The summed E-state index contributed by atoms with van der Waals surface area (Å²) in [5.74, 6) is 1.49. The standard InChI is InChI=1S/C21H30N6O2/c1-25(2)10-6-9-22-20-15-17(23-16-24-20)21(28)27-13-11-26(12-14-27)18-7-4-5-8-19(18)29-3/h4-5,7-8,15-16H,6,9-14H2,1-3H3,(H,22,23,24). The van der Waals surface area contributed by atoms with E-state index in [4.69, 9.17) is 4.74 Å². The maximum absolute atomic E-state index is 12.9. The first-order chi connectivity index (χ1) is 14.1. The van der Waals surface area contributed by atoms with Gasteiger partial charge < -0.3 is 24.8 Å². The third kappa shape index (κ3) is 5.57. The van der Waals surface area contributed by atoms with Crippen LogP contribution in [0.1, 0.15) is 16.9 Å². The number of ether oxygens (including phenoxy) is 1. The van der Waals surface area contributed by atoms with Crippen molar-refractivity contribution in [2.45, 2.75) is 6.42 Å². The van der Waals surface area contributed by atoms with E-state index in [-0.39, 0.29) is 5.91 Å². The number of nitrogens with one attached hydrogen (secondary N) is 1. The van der Waals surface area contributed by atoms with E-state index in [9.17, 15) is 4.79 Å². The molecule has 2 aromatic rings. The molecule has 1 fully saturated rings. The van der Waals surface area contributed by atoms with Crippen LogP contribution in [0.4, 0.5) is 11.5 Å². The predicted octanol–water partition coefficient (Wildman–Crippen LogP) is 1.81. The van der Waals surface area contributed by atoms with Crippen LogP contribution in [-0.2, 0) is 0 Å². The molecule has 1 aliphatic rings. The van der Waals surface area contributed by atoms with Crippen LogP contribution in [0.5, 0.6) is 5.75 Å². The van der Waals surface area contributed by atoms with Gasteiger partial charge in [0.25, 0.3) is 5.91 Å². The minimum atomic E-state index is -0.0524. The highest BCUT2D eigenvalue weighted by Gasteiger charge is 2.24. The van der Waals surface area contributed by atoms with Gasteiger partial charge in [0.05, 0.1) is 12.8 Å². The average molecular weight is 399 g/mol. The molecule has 8 nitrogen and oxygen atoms in total. The number of benzene rings is 1. The Bertz CT molecular complexity index is 805. The number of hydrogen-bond acceptors (Lipinski definition) is 7. The Morgan fingerprint density at radius 2 is 1.93 bits per heavy atom. The first-order valence-electron chi connectivity index (χ1n) is 9.96. The number of amides is 1. The van der Waals surface area contributed by atoms with Crippen LogP contribution >= 0.6 is 0 Å². The smallest absolute Gasteiger partial charge is 0.272 e. The van der Waals surface area contributed by atoms with Gasteiger partial charge in [0.15, 0.2) is 0 Å². The molecule has 0 bridgehead atoms. The summed E-state index contributed by atoms with van der Waals surface area (Å²) >= 11 is 0. The average Bonchev–Trinajstić information content (AvgIpc) is 2.76. The summed E-state index contributed by atoms with van der Waals surface area (Å²) in [6.07, 6.45) is 2.46. The number of methoxy groups -OCH3 is 1. The van der Waals surface area contributed by atoms with Crippen molar-refractivity contribution in [3.05, 3.63) is 42.4 Å². The minimum absolute atomic E-state index is 0.0524. The van der Waals surface area contributed by atoms with E-state index in [1.807, 2.05) is 23.1 Å². The summed E-state index contributed by atoms with van der Waals surface area (Å²) in [6.45, 7) is 4.61. The monoisotopic (exact) mass is 398 g/mol. The maximum atomic E-state index is 12.9. The molecule has 0 aliphatic carbocycles. The molecule has 3 rings (SSSR count). The number of nitrogens with zero attached hydrogens (tertiary/aromatic N) is 5. The van der Waals surface area contributed by atoms with Crippen molar-refractivity contribution >= 4 is 17.4 Å². The van der Waals surface area contributed by atoms with Gasteiger partial charge in [-0.15, -0.1) is 0 Å². The van der Waals surface area contributed by atoms with E-state index in [2.05, 4.69) is 45.2 Å². The molecule has 156 valence electrons. The maximum Gasteiger partial charge on any atom is 0.272 e. The highest BCUT2D eigenvalue weighted by atomic mass is 16.5. The topological polar surface area (TPSA) is 73.8 Å². The summed E-state index contributed by atoms with van der Waals surface area (Å²) < 4.78 is 5.46. The van der Waals surface area contributed by atoms with Crippen LogP contribution < -0.4 is 15.0 Å². The van der Waals surface area contributed by atoms with Gasteiger partial charge in [-0.25, -0.2) is 9.97 Å². The highest BCUT2D eigenvalue weighted by molar-refractivity contribution is 5.93. The molecule has 1 aliphatic heterocycles. The molecule has 0 unspecified atom stereocenters. The molecule has 1 saturated heterocycles. The molecule has 0 atom stereocenters. The number of hydrogen-bond donors (Lipinski definition) is 1. The van der Waals surface area contributed by atoms with Crippen LogP contribution in [0.25, 0.3) is 0 Å². The Morgan fingerprint density at radius 3 is 2.66 bits per heavy atom. The van der Waals surface area contributed by atoms with E-state index in [1.54, 1.807) is 13.2 Å². The Kier molecular flexibility index (Phi) is 7.24. The number of piperazine rings is 1. The van der Waals surface area contributed by atoms with E-state index in [0.717, 1.165) is 44.0 Å². The van der Waals surface area contributed by atoms with E-state index < -0.39 is 0 Å². The van der Waals surface area contributed by atoms with Gasteiger partial charge in [-0.05, 0) is 39.2 Å². The molecule has 29 heavy (non-hydrogen) atoms. The van der Waals surface area contributed by atoms with Crippen LogP contribution in [0, 0.1) is 0 Å². The van der Waals surface area contributed by atoms with Crippen LogP contribution in [0.3, 0.4) is 0 Å². The molecule has 0 radical (unpaired) electrons. The fourth-order valence-corrected chi connectivity index (χ4v) is 3.39. The zero-order valence-electron chi connectivity index (χ0n) is 17.5. The number of aromatic nitrogens is 2. The minimum Gasteiger partial charge on any atom is -0.495 e. The summed E-state index contributed by atoms with van der Waals surface area (Å²) in [7, 11) is 5.78. The van der Waals surface area contributed by atoms with Gasteiger partial charge >= 0.3 is 0 Å². The predicted molar refractivity (Wildman–Crippen MR) is 115 cm³/mol. The number of carbonyl (C=O) groups excluding carboxylic acids is 1. The van der Waals surface area contributed by atoms with E-state index in [0.29, 0.717) is 24.6 Å². The van der Waals surface area contributed by atoms with Crippen molar-refractivity contribution in [1.29, 1.82) is 0 Å².